The number of rotatable bonds is 5. The summed E-state index contributed by atoms with van der Waals surface area (Å²) in [6, 6.07) is 6.23. The summed E-state index contributed by atoms with van der Waals surface area (Å²) in [5.74, 6) is 1.30. The van der Waals surface area contributed by atoms with E-state index in [1.165, 1.54) is 11.8 Å². The SMILES string of the molecule is CC(C)Nc1cccc(Sc2ncc(N3CCC(C)(C)CC3)nc2N)c1Cl. The van der Waals surface area contributed by atoms with Gasteiger partial charge >= 0.3 is 0 Å². The van der Waals surface area contributed by atoms with Crippen LogP contribution in [-0.2, 0) is 0 Å². The quantitative estimate of drug-likeness (QED) is 0.702. The Balaban J connectivity index is 1.75. The second-order valence-corrected chi connectivity index (χ2v) is 9.50. The molecule has 0 spiro atoms. The van der Waals surface area contributed by atoms with Gasteiger partial charge in [0.15, 0.2) is 5.82 Å². The fourth-order valence-electron chi connectivity index (χ4n) is 3.07. The molecule has 5 nitrogen and oxygen atoms in total. The lowest BCUT2D eigenvalue weighted by Crippen LogP contribution is -2.37. The number of nitrogens with two attached hydrogens (primary N) is 1. The molecule has 1 aliphatic rings. The van der Waals surface area contributed by atoms with Gasteiger partial charge in [-0.05, 0) is 44.2 Å². The highest BCUT2D eigenvalue weighted by Crippen LogP contribution is 2.39. The predicted molar refractivity (Wildman–Crippen MR) is 116 cm³/mol. The Bertz CT molecular complexity index is 799. The van der Waals surface area contributed by atoms with Gasteiger partial charge in [-0.25, -0.2) is 9.97 Å². The van der Waals surface area contributed by atoms with Gasteiger partial charge in [0.1, 0.15) is 10.8 Å². The number of hydrogen-bond acceptors (Lipinski definition) is 6. The molecular weight excluding hydrogens is 378 g/mol. The maximum absolute atomic E-state index is 6.55. The first-order chi connectivity index (χ1) is 12.7. The Hall–Kier alpha value is -1.66. The number of anilines is 3. The number of piperidine rings is 1. The van der Waals surface area contributed by atoms with E-state index in [2.05, 4.69) is 47.9 Å². The zero-order chi connectivity index (χ0) is 19.6. The van der Waals surface area contributed by atoms with Crippen LogP contribution in [0.1, 0.15) is 40.5 Å². The molecule has 1 aromatic heterocycles. The molecule has 0 saturated carbocycles. The van der Waals surface area contributed by atoms with Crippen LogP contribution in [0.3, 0.4) is 0 Å². The third-order valence-corrected chi connectivity index (χ3v) is 6.39. The van der Waals surface area contributed by atoms with Crippen LogP contribution in [0.4, 0.5) is 17.3 Å². The van der Waals surface area contributed by atoms with Crippen LogP contribution >= 0.6 is 23.4 Å². The Morgan fingerprint density at radius 1 is 1.26 bits per heavy atom. The summed E-state index contributed by atoms with van der Waals surface area (Å²) in [7, 11) is 0. The highest BCUT2D eigenvalue weighted by atomic mass is 35.5. The van der Waals surface area contributed by atoms with Crippen LogP contribution < -0.4 is 16.0 Å². The molecule has 0 amide bonds. The normalized spacial score (nSPS) is 16.6. The van der Waals surface area contributed by atoms with Gasteiger partial charge in [0.25, 0.3) is 0 Å². The first-order valence-electron chi connectivity index (χ1n) is 9.35. The number of hydrogen-bond donors (Lipinski definition) is 2. The van der Waals surface area contributed by atoms with Crippen molar-refractivity contribution in [3.63, 3.8) is 0 Å². The monoisotopic (exact) mass is 405 g/mol. The maximum Gasteiger partial charge on any atom is 0.158 e. The molecule has 0 unspecified atom stereocenters. The van der Waals surface area contributed by atoms with Crippen molar-refractivity contribution in [3.8, 4) is 0 Å². The molecule has 1 fully saturated rings. The summed E-state index contributed by atoms with van der Waals surface area (Å²) in [5.41, 5.74) is 7.53. The fraction of sp³-hybridized carbons (Fsp3) is 0.500. The van der Waals surface area contributed by atoms with Crippen LogP contribution in [0.25, 0.3) is 0 Å². The highest BCUT2D eigenvalue weighted by molar-refractivity contribution is 7.99. The molecule has 0 bridgehead atoms. The maximum atomic E-state index is 6.55. The summed E-state index contributed by atoms with van der Waals surface area (Å²) < 4.78 is 0. The van der Waals surface area contributed by atoms with E-state index in [1.807, 2.05) is 24.4 Å². The first kappa shape index (κ1) is 20.1. The van der Waals surface area contributed by atoms with Crippen molar-refractivity contribution in [1.82, 2.24) is 9.97 Å². The van der Waals surface area contributed by atoms with E-state index in [1.54, 1.807) is 0 Å². The Morgan fingerprint density at radius 3 is 2.59 bits per heavy atom. The topological polar surface area (TPSA) is 67.1 Å². The third-order valence-electron chi connectivity index (χ3n) is 4.81. The van der Waals surface area contributed by atoms with Crippen molar-refractivity contribution in [2.24, 2.45) is 5.41 Å². The molecular formula is C20H28ClN5S. The lowest BCUT2D eigenvalue weighted by Gasteiger charge is -2.37. The van der Waals surface area contributed by atoms with Gasteiger partial charge in [-0.3, -0.25) is 0 Å². The van der Waals surface area contributed by atoms with Gasteiger partial charge in [0, 0.05) is 24.0 Å². The van der Waals surface area contributed by atoms with Crippen molar-refractivity contribution >= 4 is 40.7 Å². The van der Waals surface area contributed by atoms with Gasteiger partial charge in [0.05, 0.1) is 16.9 Å². The molecule has 2 heterocycles. The van der Waals surface area contributed by atoms with Crippen LogP contribution in [0.5, 0.6) is 0 Å². The van der Waals surface area contributed by atoms with Crippen molar-refractivity contribution in [1.29, 1.82) is 0 Å². The molecule has 1 aromatic carbocycles. The molecule has 3 rings (SSSR count). The summed E-state index contributed by atoms with van der Waals surface area (Å²) in [4.78, 5) is 12.4. The van der Waals surface area contributed by atoms with E-state index in [4.69, 9.17) is 17.3 Å². The second-order valence-electron chi connectivity index (χ2n) is 8.09. The van der Waals surface area contributed by atoms with E-state index >= 15 is 0 Å². The van der Waals surface area contributed by atoms with E-state index in [0.29, 0.717) is 27.3 Å². The molecule has 2 aromatic rings. The average Bonchev–Trinajstić information content (AvgIpc) is 2.59. The second kappa shape index (κ2) is 8.15. The van der Waals surface area contributed by atoms with Gasteiger partial charge in [-0.15, -0.1) is 0 Å². The number of halogens is 1. The molecule has 7 heteroatoms. The van der Waals surface area contributed by atoms with Crippen molar-refractivity contribution < 1.29 is 0 Å². The molecule has 27 heavy (non-hydrogen) atoms. The zero-order valence-electron chi connectivity index (χ0n) is 16.4. The molecule has 0 aliphatic carbocycles. The van der Waals surface area contributed by atoms with Crippen molar-refractivity contribution in [2.75, 3.05) is 29.0 Å². The molecule has 0 radical (unpaired) electrons. The van der Waals surface area contributed by atoms with E-state index < -0.39 is 0 Å². The minimum atomic E-state index is 0.307. The standard InChI is InChI=1S/C20H28ClN5S/c1-13(2)24-14-6-5-7-15(17(14)21)27-19-18(22)25-16(12-23-19)26-10-8-20(3,4)9-11-26/h5-7,12-13,24H,8-11H2,1-4H3,(H2,22,25). The number of aromatic nitrogens is 2. The lowest BCUT2D eigenvalue weighted by molar-refractivity contribution is 0.279. The zero-order valence-corrected chi connectivity index (χ0v) is 18.0. The Labute approximate surface area is 171 Å². The Kier molecular flexibility index (Phi) is 6.06. The largest absolute Gasteiger partial charge is 0.382 e. The van der Waals surface area contributed by atoms with Crippen LogP contribution in [0.15, 0.2) is 34.3 Å². The van der Waals surface area contributed by atoms with E-state index in [9.17, 15) is 0 Å². The van der Waals surface area contributed by atoms with Crippen LogP contribution in [0.2, 0.25) is 5.02 Å². The van der Waals surface area contributed by atoms with E-state index in [0.717, 1.165) is 42.3 Å². The molecule has 1 saturated heterocycles. The fourth-order valence-corrected chi connectivity index (χ4v) is 4.18. The highest BCUT2D eigenvalue weighted by Gasteiger charge is 2.26. The molecule has 1 aliphatic heterocycles. The van der Waals surface area contributed by atoms with Crippen molar-refractivity contribution in [2.45, 2.75) is 56.5 Å². The summed E-state index contributed by atoms with van der Waals surface area (Å²) in [6.07, 6.45) is 4.12. The van der Waals surface area contributed by atoms with Gasteiger partial charge in [-0.2, -0.15) is 0 Å². The minimum absolute atomic E-state index is 0.307. The number of benzene rings is 1. The minimum Gasteiger partial charge on any atom is -0.382 e. The average molecular weight is 406 g/mol. The Morgan fingerprint density at radius 2 is 1.96 bits per heavy atom. The molecule has 0 atom stereocenters. The molecule has 3 N–H and O–H groups in total. The smallest absolute Gasteiger partial charge is 0.158 e. The van der Waals surface area contributed by atoms with Crippen LogP contribution in [-0.4, -0.2) is 29.1 Å². The van der Waals surface area contributed by atoms with Crippen LogP contribution in [0, 0.1) is 5.41 Å². The van der Waals surface area contributed by atoms with Gasteiger partial charge in [0.2, 0.25) is 0 Å². The van der Waals surface area contributed by atoms with E-state index in [-0.39, 0.29) is 0 Å². The summed E-state index contributed by atoms with van der Waals surface area (Å²) in [5, 5.41) is 4.71. The first-order valence-corrected chi connectivity index (χ1v) is 10.5. The van der Waals surface area contributed by atoms with Crippen molar-refractivity contribution in [3.05, 3.63) is 29.4 Å². The number of nitrogen functional groups attached to an aromatic ring is 1. The number of nitrogens with one attached hydrogen (secondary N) is 1. The van der Waals surface area contributed by atoms with Gasteiger partial charge in [-0.1, -0.05) is 43.3 Å². The predicted octanol–water partition coefficient (Wildman–Crippen LogP) is 5.31. The summed E-state index contributed by atoms with van der Waals surface area (Å²) >= 11 is 8.00. The lowest BCUT2D eigenvalue weighted by atomic mass is 9.83. The van der Waals surface area contributed by atoms with Gasteiger partial charge < -0.3 is 16.0 Å². The third kappa shape index (κ3) is 4.99. The summed E-state index contributed by atoms with van der Waals surface area (Å²) in [6.45, 7) is 10.8. The molecule has 146 valence electrons. The number of nitrogens with zero attached hydrogens (tertiary/aromatic N) is 3.